The molecule has 120 valence electrons. The highest BCUT2D eigenvalue weighted by Crippen LogP contribution is 2.20. The van der Waals surface area contributed by atoms with Crippen LogP contribution in [0.5, 0.6) is 0 Å². The Morgan fingerprint density at radius 3 is 2.91 bits per heavy atom. The third kappa shape index (κ3) is 3.23. The minimum Gasteiger partial charge on any atom is -0.481 e. The fourth-order valence-electron chi connectivity index (χ4n) is 2.74. The maximum absolute atomic E-state index is 13.8. The molecule has 0 atom stereocenters. The van der Waals surface area contributed by atoms with Gasteiger partial charge < -0.3 is 10.4 Å². The van der Waals surface area contributed by atoms with Gasteiger partial charge in [0.2, 0.25) is 0 Å². The summed E-state index contributed by atoms with van der Waals surface area (Å²) in [6, 6.07) is 3.99. The molecule has 1 aromatic carbocycles. The van der Waals surface area contributed by atoms with Gasteiger partial charge in [0, 0.05) is 12.2 Å². The van der Waals surface area contributed by atoms with Crippen molar-refractivity contribution >= 4 is 17.6 Å². The van der Waals surface area contributed by atoms with Gasteiger partial charge in [0.05, 0.1) is 23.9 Å². The van der Waals surface area contributed by atoms with Crippen LogP contribution in [0.2, 0.25) is 0 Å². The van der Waals surface area contributed by atoms with Gasteiger partial charge in [0.25, 0.3) is 5.91 Å². The van der Waals surface area contributed by atoms with Crippen LogP contribution in [0.15, 0.2) is 24.4 Å². The van der Waals surface area contributed by atoms with Crippen molar-refractivity contribution in [3.63, 3.8) is 0 Å². The lowest BCUT2D eigenvalue weighted by Crippen LogP contribution is -2.17. The van der Waals surface area contributed by atoms with Gasteiger partial charge in [-0.2, -0.15) is 5.10 Å². The third-order valence-electron chi connectivity index (χ3n) is 3.88. The minimum atomic E-state index is -1.10. The first-order chi connectivity index (χ1) is 11.0. The normalized spacial score (nSPS) is 13.4. The van der Waals surface area contributed by atoms with E-state index in [4.69, 9.17) is 5.11 Å². The molecule has 0 spiro atoms. The van der Waals surface area contributed by atoms with Crippen molar-refractivity contribution in [1.82, 2.24) is 9.78 Å². The predicted molar refractivity (Wildman–Crippen MR) is 80.9 cm³/mol. The number of hydrogen-bond donors (Lipinski definition) is 2. The Hall–Kier alpha value is -2.70. The molecule has 0 unspecified atom stereocenters. The molecular weight excluding hydrogens is 301 g/mol. The van der Waals surface area contributed by atoms with Gasteiger partial charge >= 0.3 is 5.97 Å². The topological polar surface area (TPSA) is 84.2 Å². The highest BCUT2D eigenvalue weighted by molar-refractivity contribution is 6.05. The van der Waals surface area contributed by atoms with Crippen LogP contribution in [0.25, 0.3) is 0 Å². The van der Waals surface area contributed by atoms with Crippen molar-refractivity contribution in [2.75, 3.05) is 5.32 Å². The van der Waals surface area contributed by atoms with E-state index in [0.29, 0.717) is 5.56 Å². The van der Waals surface area contributed by atoms with E-state index in [0.717, 1.165) is 37.6 Å². The Kier molecular flexibility index (Phi) is 4.10. The fourth-order valence-corrected chi connectivity index (χ4v) is 2.74. The lowest BCUT2D eigenvalue weighted by atomic mass is 10.1. The Morgan fingerprint density at radius 1 is 1.35 bits per heavy atom. The smallest absolute Gasteiger partial charge is 0.307 e. The Balaban J connectivity index is 1.77. The van der Waals surface area contributed by atoms with Crippen LogP contribution < -0.4 is 5.32 Å². The molecule has 0 radical (unpaired) electrons. The summed E-state index contributed by atoms with van der Waals surface area (Å²) >= 11 is 0. The van der Waals surface area contributed by atoms with Crippen LogP contribution >= 0.6 is 0 Å². The van der Waals surface area contributed by atoms with E-state index < -0.39 is 18.2 Å². The van der Waals surface area contributed by atoms with Gasteiger partial charge in [-0.05, 0) is 37.0 Å². The molecule has 1 amide bonds. The molecule has 2 N–H and O–H groups in total. The number of rotatable bonds is 4. The number of benzene rings is 1. The van der Waals surface area contributed by atoms with Gasteiger partial charge in [0.1, 0.15) is 5.82 Å². The quantitative estimate of drug-likeness (QED) is 0.906. The largest absolute Gasteiger partial charge is 0.481 e. The molecule has 0 saturated carbocycles. The van der Waals surface area contributed by atoms with Crippen LogP contribution in [-0.2, 0) is 24.2 Å². The van der Waals surface area contributed by atoms with E-state index in [1.54, 1.807) is 0 Å². The van der Waals surface area contributed by atoms with Gasteiger partial charge in [-0.15, -0.1) is 0 Å². The molecule has 0 bridgehead atoms. The summed E-state index contributed by atoms with van der Waals surface area (Å²) in [6.07, 6.45) is 4.01. The summed E-state index contributed by atoms with van der Waals surface area (Å²) in [6.45, 7) is 0.807. The molecule has 23 heavy (non-hydrogen) atoms. The van der Waals surface area contributed by atoms with Crippen molar-refractivity contribution in [3.05, 3.63) is 47.0 Å². The lowest BCUT2D eigenvalue weighted by molar-refractivity contribution is -0.136. The van der Waals surface area contributed by atoms with Crippen LogP contribution in [0.3, 0.4) is 0 Å². The van der Waals surface area contributed by atoms with Crippen molar-refractivity contribution in [1.29, 1.82) is 0 Å². The second kappa shape index (κ2) is 6.20. The summed E-state index contributed by atoms with van der Waals surface area (Å²) in [7, 11) is 0. The van der Waals surface area contributed by atoms with E-state index in [1.165, 1.54) is 18.3 Å². The molecule has 0 saturated heterocycles. The number of carbonyl (C=O) groups excluding carboxylic acids is 1. The van der Waals surface area contributed by atoms with Gasteiger partial charge in [0.15, 0.2) is 0 Å². The molecule has 1 aromatic heterocycles. The molecule has 2 aromatic rings. The predicted octanol–water partition coefficient (Wildman–Crippen LogP) is 2.24. The van der Waals surface area contributed by atoms with Gasteiger partial charge in [-0.25, -0.2) is 4.39 Å². The highest BCUT2D eigenvalue weighted by atomic mass is 19.1. The van der Waals surface area contributed by atoms with Gasteiger partial charge in [-0.3, -0.25) is 14.3 Å². The second-order valence-corrected chi connectivity index (χ2v) is 5.52. The number of fused-ring (bicyclic) bond motifs is 1. The summed E-state index contributed by atoms with van der Waals surface area (Å²) in [5.74, 6) is -2.09. The van der Waals surface area contributed by atoms with E-state index in [2.05, 4.69) is 10.4 Å². The monoisotopic (exact) mass is 317 g/mol. The van der Waals surface area contributed by atoms with Gasteiger partial charge in [-0.1, -0.05) is 6.07 Å². The second-order valence-electron chi connectivity index (χ2n) is 5.52. The first kappa shape index (κ1) is 15.2. The van der Waals surface area contributed by atoms with Crippen LogP contribution in [0.1, 0.15) is 34.5 Å². The molecule has 3 rings (SSSR count). The fraction of sp³-hybridized carbons (Fsp3) is 0.312. The molecule has 7 heteroatoms. The van der Waals surface area contributed by atoms with Crippen molar-refractivity contribution in [3.8, 4) is 0 Å². The molecular formula is C16H16FN3O3. The third-order valence-corrected chi connectivity index (χ3v) is 3.88. The molecule has 0 aliphatic carbocycles. The number of carboxylic acid groups (broad SMARTS) is 1. The number of nitrogens with one attached hydrogen (secondary N) is 1. The number of hydrogen-bond acceptors (Lipinski definition) is 3. The zero-order valence-electron chi connectivity index (χ0n) is 12.4. The number of aryl methyl sites for hydroxylation is 1. The number of carbonyl (C=O) groups is 2. The Morgan fingerprint density at radius 2 is 2.17 bits per heavy atom. The zero-order chi connectivity index (χ0) is 16.4. The number of aliphatic carboxylic acids is 1. The standard InChI is InChI=1S/C16H16FN3O3/c17-13-8-11(5-4-10(13)7-15(21)22)19-16(23)12-9-18-20-6-2-1-3-14(12)20/h4-5,8-9H,1-3,6-7H2,(H,19,23)(H,21,22). The number of amides is 1. The highest BCUT2D eigenvalue weighted by Gasteiger charge is 2.20. The molecule has 2 heterocycles. The average Bonchev–Trinajstić information content (AvgIpc) is 2.94. The Bertz CT molecular complexity index is 770. The minimum absolute atomic E-state index is 0.0819. The first-order valence-corrected chi connectivity index (χ1v) is 7.41. The van der Waals surface area contributed by atoms with E-state index in [-0.39, 0.29) is 17.2 Å². The number of halogens is 1. The molecule has 1 aliphatic heterocycles. The van der Waals surface area contributed by atoms with Crippen molar-refractivity contribution in [2.24, 2.45) is 0 Å². The van der Waals surface area contributed by atoms with Crippen molar-refractivity contribution in [2.45, 2.75) is 32.2 Å². The van der Waals surface area contributed by atoms with Crippen LogP contribution in [0, 0.1) is 5.82 Å². The lowest BCUT2D eigenvalue weighted by Gasteiger charge is -2.14. The average molecular weight is 317 g/mol. The van der Waals surface area contributed by atoms with Crippen LogP contribution in [-0.4, -0.2) is 26.8 Å². The van der Waals surface area contributed by atoms with E-state index >= 15 is 0 Å². The number of nitrogens with zero attached hydrogens (tertiary/aromatic N) is 2. The van der Waals surface area contributed by atoms with E-state index in [9.17, 15) is 14.0 Å². The number of anilines is 1. The summed E-state index contributed by atoms with van der Waals surface area (Å²) in [5, 5.41) is 15.5. The zero-order valence-corrected chi connectivity index (χ0v) is 12.4. The van der Waals surface area contributed by atoms with E-state index in [1.807, 2.05) is 4.68 Å². The number of aromatic nitrogens is 2. The van der Waals surface area contributed by atoms with Crippen molar-refractivity contribution < 1.29 is 19.1 Å². The summed E-state index contributed by atoms with van der Waals surface area (Å²) in [5.41, 5.74) is 1.77. The van der Waals surface area contributed by atoms with Crippen LogP contribution in [0.4, 0.5) is 10.1 Å². The maximum Gasteiger partial charge on any atom is 0.307 e. The molecule has 1 aliphatic rings. The number of carboxylic acids is 1. The summed E-state index contributed by atoms with van der Waals surface area (Å²) in [4.78, 5) is 23.0. The molecule has 0 fully saturated rings. The first-order valence-electron chi connectivity index (χ1n) is 7.41. The molecule has 6 nitrogen and oxygen atoms in total. The Labute approximate surface area is 131 Å². The summed E-state index contributed by atoms with van der Waals surface area (Å²) < 4.78 is 15.7. The SMILES string of the molecule is O=C(O)Cc1ccc(NC(=O)c2cnn3c2CCCC3)cc1F. The maximum atomic E-state index is 13.8.